The first-order chi connectivity index (χ1) is 8.86. The molecule has 3 rings (SSSR count). The predicted molar refractivity (Wildman–Crippen MR) is 73.2 cm³/mol. The van der Waals surface area contributed by atoms with Crippen LogP contribution in [0.1, 0.15) is 30.2 Å². The molecular weight excluding hydrogens is 222 g/mol. The van der Waals surface area contributed by atoms with Gasteiger partial charge in [-0.05, 0) is 43.4 Å². The molecule has 0 saturated carbocycles. The van der Waals surface area contributed by atoms with E-state index in [-0.39, 0.29) is 0 Å². The molecule has 1 aromatic carbocycles. The summed E-state index contributed by atoms with van der Waals surface area (Å²) in [7, 11) is 0. The first kappa shape index (κ1) is 11.2. The largest absolute Gasteiger partial charge is 0.340 e. The van der Waals surface area contributed by atoms with Crippen LogP contribution in [0.2, 0.25) is 0 Å². The fourth-order valence-electron chi connectivity index (χ4n) is 2.43. The highest BCUT2D eigenvalue weighted by atomic mass is 15.0. The van der Waals surface area contributed by atoms with Crippen molar-refractivity contribution in [2.75, 3.05) is 5.32 Å². The zero-order chi connectivity index (χ0) is 12.4. The minimum absolute atomic E-state index is 0.974. The third-order valence-corrected chi connectivity index (χ3v) is 3.50. The predicted octanol–water partition coefficient (Wildman–Crippen LogP) is 3.27. The van der Waals surface area contributed by atoms with Gasteiger partial charge in [-0.15, -0.1) is 0 Å². The Kier molecular flexibility index (Phi) is 2.97. The lowest BCUT2D eigenvalue weighted by atomic mass is 10.1. The number of rotatable bonds is 3. The molecule has 0 amide bonds. The van der Waals surface area contributed by atoms with Crippen LogP contribution in [0.15, 0.2) is 30.6 Å². The van der Waals surface area contributed by atoms with Crippen molar-refractivity contribution in [3.63, 3.8) is 0 Å². The third-order valence-electron chi connectivity index (χ3n) is 3.50. The van der Waals surface area contributed by atoms with Crippen molar-refractivity contribution in [3.8, 4) is 0 Å². The highest BCUT2D eigenvalue weighted by molar-refractivity contribution is 5.60. The normalized spacial score (nSPS) is 13.4. The summed E-state index contributed by atoms with van der Waals surface area (Å²) in [4.78, 5) is 8.70. The molecule has 0 spiro atoms. The van der Waals surface area contributed by atoms with Crippen LogP contribution < -0.4 is 5.32 Å². The molecule has 0 atom stereocenters. The summed E-state index contributed by atoms with van der Waals surface area (Å²) >= 11 is 0. The molecule has 0 radical (unpaired) electrons. The van der Waals surface area contributed by atoms with Crippen LogP contribution in [-0.4, -0.2) is 9.97 Å². The molecule has 92 valence electrons. The topological polar surface area (TPSA) is 37.8 Å². The summed E-state index contributed by atoms with van der Waals surface area (Å²) in [5, 5.41) is 3.40. The molecule has 3 heteroatoms. The van der Waals surface area contributed by atoms with Crippen molar-refractivity contribution in [2.45, 2.75) is 32.6 Å². The lowest BCUT2D eigenvalue weighted by Crippen LogP contribution is -2.00. The number of aromatic nitrogens is 2. The zero-order valence-electron chi connectivity index (χ0n) is 10.6. The standard InChI is InChI=1S/C15H17N3/c1-2-11-6-8-12(9-7-11)18-15-13-4-3-5-14(13)16-10-17-15/h6-10H,2-5H2,1H3,(H,16,17,18). The van der Waals surface area contributed by atoms with Crippen LogP contribution in [0.25, 0.3) is 0 Å². The fourth-order valence-corrected chi connectivity index (χ4v) is 2.43. The number of nitrogens with zero attached hydrogens (tertiary/aromatic N) is 2. The fraction of sp³-hybridized carbons (Fsp3) is 0.333. The highest BCUT2D eigenvalue weighted by Gasteiger charge is 2.16. The maximum absolute atomic E-state index is 4.37. The molecule has 2 aromatic rings. The zero-order valence-corrected chi connectivity index (χ0v) is 10.6. The van der Waals surface area contributed by atoms with Crippen molar-refractivity contribution in [2.24, 2.45) is 0 Å². The molecule has 0 bridgehead atoms. The van der Waals surface area contributed by atoms with Crippen LogP contribution in [0.4, 0.5) is 11.5 Å². The van der Waals surface area contributed by atoms with E-state index in [0.717, 1.165) is 30.8 Å². The van der Waals surface area contributed by atoms with Gasteiger partial charge in [-0.1, -0.05) is 19.1 Å². The van der Waals surface area contributed by atoms with Gasteiger partial charge in [0.25, 0.3) is 0 Å². The van der Waals surface area contributed by atoms with Crippen molar-refractivity contribution < 1.29 is 0 Å². The van der Waals surface area contributed by atoms with Crippen LogP contribution in [-0.2, 0) is 19.3 Å². The van der Waals surface area contributed by atoms with Crippen molar-refractivity contribution in [1.82, 2.24) is 9.97 Å². The van der Waals surface area contributed by atoms with E-state index in [1.165, 1.54) is 23.2 Å². The molecule has 1 heterocycles. The second-order valence-electron chi connectivity index (χ2n) is 4.68. The van der Waals surface area contributed by atoms with Crippen LogP contribution >= 0.6 is 0 Å². The van der Waals surface area contributed by atoms with E-state index in [1.54, 1.807) is 6.33 Å². The molecule has 0 unspecified atom stereocenters. The van der Waals surface area contributed by atoms with Crippen LogP contribution in [0.5, 0.6) is 0 Å². The Morgan fingerprint density at radius 2 is 1.94 bits per heavy atom. The summed E-state index contributed by atoms with van der Waals surface area (Å²) in [6.07, 6.45) is 6.10. The number of nitrogens with one attached hydrogen (secondary N) is 1. The second-order valence-corrected chi connectivity index (χ2v) is 4.68. The summed E-state index contributed by atoms with van der Waals surface area (Å²) in [6, 6.07) is 8.54. The molecule has 3 nitrogen and oxygen atoms in total. The van der Waals surface area contributed by atoms with Gasteiger partial charge in [0, 0.05) is 16.9 Å². The summed E-state index contributed by atoms with van der Waals surface area (Å²) < 4.78 is 0. The Morgan fingerprint density at radius 1 is 1.11 bits per heavy atom. The van der Waals surface area contributed by atoms with Gasteiger partial charge < -0.3 is 5.32 Å². The maximum atomic E-state index is 4.37. The number of hydrogen-bond acceptors (Lipinski definition) is 3. The number of aryl methyl sites for hydroxylation is 2. The Hall–Kier alpha value is -1.90. The number of fused-ring (bicyclic) bond motifs is 1. The van der Waals surface area contributed by atoms with Gasteiger partial charge in [-0.3, -0.25) is 0 Å². The Balaban J connectivity index is 1.86. The first-order valence-electron chi connectivity index (χ1n) is 6.55. The van der Waals surface area contributed by atoms with E-state index in [9.17, 15) is 0 Å². The lowest BCUT2D eigenvalue weighted by Gasteiger charge is -2.09. The van der Waals surface area contributed by atoms with Crippen LogP contribution in [0, 0.1) is 0 Å². The van der Waals surface area contributed by atoms with E-state index in [4.69, 9.17) is 0 Å². The van der Waals surface area contributed by atoms with Crippen molar-refractivity contribution in [3.05, 3.63) is 47.4 Å². The molecule has 1 aliphatic carbocycles. The number of hydrogen-bond donors (Lipinski definition) is 1. The number of anilines is 2. The molecule has 1 N–H and O–H groups in total. The van der Waals surface area contributed by atoms with Gasteiger partial charge in [0.05, 0.1) is 0 Å². The smallest absolute Gasteiger partial charge is 0.137 e. The Bertz CT molecular complexity index is 546. The van der Waals surface area contributed by atoms with E-state index < -0.39 is 0 Å². The van der Waals surface area contributed by atoms with E-state index in [0.29, 0.717) is 0 Å². The maximum Gasteiger partial charge on any atom is 0.137 e. The molecule has 1 aliphatic rings. The van der Waals surface area contributed by atoms with Crippen molar-refractivity contribution in [1.29, 1.82) is 0 Å². The SMILES string of the molecule is CCc1ccc(Nc2ncnc3c2CCC3)cc1. The van der Waals surface area contributed by atoms with Gasteiger partial charge in [-0.2, -0.15) is 0 Å². The molecular formula is C15H17N3. The van der Waals surface area contributed by atoms with Gasteiger partial charge in [-0.25, -0.2) is 9.97 Å². The van der Waals surface area contributed by atoms with Gasteiger partial charge in [0.2, 0.25) is 0 Å². The average molecular weight is 239 g/mol. The van der Waals surface area contributed by atoms with E-state index in [1.807, 2.05) is 0 Å². The third kappa shape index (κ3) is 2.08. The highest BCUT2D eigenvalue weighted by Crippen LogP contribution is 2.27. The first-order valence-corrected chi connectivity index (χ1v) is 6.55. The molecule has 0 aliphatic heterocycles. The number of benzene rings is 1. The monoisotopic (exact) mass is 239 g/mol. The molecule has 0 fully saturated rings. The Morgan fingerprint density at radius 3 is 2.72 bits per heavy atom. The summed E-state index contributed by atoms with van der Waals surface area (Å²) in [5.41, 5.74) is 4.95. The Labute approximate surface area is 107 Å². The molecule has 0 saturated heterocycles. The van der Waals surface area contributed by atoms with Crippen LogP contribution in [0.3, 0.4) is 0 Å². The average Bonchev–Trinajstić information content (AvgIpc) is 2.89. The second kappa shape index (κ2) is 4.77. The minimum Gasteiger partial charge on any atom is -0.340 e. The van der Waals surface area contributed by atoms with E-state index in [2.05, 4.69) is 46.5 Å². The van der Waals surface area contributed by atoms with Crippen molar-refractivity contribution >= 4 is 11.5 Å². The lowest BCUT2D eigenvalue weighted by molar-refractivity contribution is 0.899. The minimum atomic E-state index is 0.974. The van der Waals surface area contributed by atoms with E-state index >= 15 is 0 Å². The molecule has 18 heavy (non-hydrogen) atoms. The van der Waals surface area contributed by atoms with Gasteiger partial charge >= 0.3 is 0 Å². The summed E-state index contributed by atoms with van der Waals surface area (Å²) in [6.45, 7) is 2.17. The van der Waals surface area contributed by atoms with Gasteiger partial charge in [0.1, 0.15) is 12.1 Å². The summed E-state index contributed by atoms with van der Waals surface area (Å²) in [5.74, 6) is 0.974. The molecule has 1 aromatic heterocycles. The quantitative estimate of drug-likeness (QED) is 0.893. The van der Waals surface area contributed by atoms with Gasteiger partial charge in [0.15, 0.2) is 0 Å².